The second-order valence-electron chi connectivity index (χ2n) is 4.30. The first-order chi connectivity index (χ1) is 7.18. The third-order valence-electron chi connectivity index (χ3n) is 2.61. The first-order valence-electron chi connectivity index (χ1n) is 5.98. The molecule has 0 saturated heterocycles. The highest BCUT2D eigenvalue weighted by Gasteiger charge is 2.04. The zero-order valence-corrected chi connectivity index (χ0v) is 10.7. The summed E-state index contributed by atoms with van der Waals surface area (Å²) in [7, 11) is 1.70. The van der Waals surface area contributed by atoms with E-state index in [0.717, 1.165) is 19.6 Å². The molecule has 0 heterocycles. The number of nitrogens with one attached hydrogen (secondary N) is 1. The van der Waals surface area contributed by atoms with Gasteiger partial charge in [-0.3, -0.25) is 0 Å². The molecule has 0 bridgehead atoms. The number of rotatable bonds is 10. The fourth-order valence-electron chi connectivity index (χ4n) is 1.14. The van der Waals surface area contributed by atoms with Crippen molar-refractivity contribution in [2.75, 3.05) is 33.5 Å². The molecule has 3 nitrogen and oxygen atoms in total. The minimum absolute atomic E-state index is 0.611. The van der Waals surface area contributed by atoms with Crippen molar-refractivity contribution in [2.24, 2.45) is 5.92 Å². The minimum atomic E-state index is 0.611. The molecule has 0 radical (unpaired) electrons. The Hall–Kier alpha value is -0.120. The molecule has 3 heteroatoms. The van der Waals surface area contributed by atoms with Crippen LogP contribution in [-0.4, -0.2) is 39.5 Å². The monoisotopic (exact) mass is 217 g/mol. The molecule has 92 valence electrons. The zero-order chi connectivity index (χ0) is 11.5. The molecule has 1 atom stereocenters. The Balaban J connectivity index is 3.05. The number of ether oxygens (including phenoxy) is 2. The Kier molecular flexibility index (Phi) is 10.3. The van der Waals surface area contributed by atoms with Crippen LogP contribution < -0.4 is 5.32 Å². The lowest BCUT2D eigenvalue weighted by Gasteiger charge is -2.17. The highest BCUT2D eigenvalue weighted by atomic mass is 16.5. The smallest absolute Gasteiger partial charge is 0.0700 e. The predicted octanol–water partition coefficient (Wildman–Crippen LogP) is 2.06. The molecule has 0 fully saturated rings. The number of unbranched alkanes of at least 4 members (excludes halogenated alkanes) is 1. The molecule has 0 aliphatic rings. The van der Waals surface area contributed by atoms with Crippen molar-refractivity contribution in [1.82, 2.24) is 5.32 Å². The van der Waals surface area contributed by atoms with Gasteiger partial charge in [-0.15, -0.1) is 0 Å². The molecule has 0 aromatic carbocycles. The van der Waals surface area contributed by atoms with Gasteiger partial charge in [0.2, 0.25) is 0 Å². The van der Waals surface area contributed by atoms with E-state index in [0.29, 0.717) is 25.2 Å². The summed E-state index contributed by atoms with van der Waals surface area (Å²) in [6.45, 7) is 10.1. The molecule has 1 unspecified atom stereocenters. The molecular weight excluding hydrogens is 190 g/mol. The van der Waals surface area contributed by atoms with Crippen LogP contribution in [0.5, 0.6) is 0 Å². The lowest BCUT2D eigenvalue weighted by atomic mass is 10.1. The molecule has 0 saturated carbocycles. The van der Waals surface area contributed by atoms with Crippen LogP contribution in [0.2, 0.25) is 0 Å². The largest absolute Gasteiger partial charge is 0.382 e. The second kappa shape index (κ2) is 10.4. The molecule has 0 aliphatic heterocycles. The Bertz CT molecular complexity index is 129. The maximum Gasteiger partial charge on any atom is 0.0700 e. The summed E-state index contributed by atoms with van der Waals surface area (Å²) in [5, 5.41) is 3.50. The fourth-order valence-corrected chi connectivity index (χ4v) is 1.14. The molecule has 0 amide bonds. The molecule has 0 aromatic rings. The Morgan fingerprint density at radius 1 is 1.00 bits per heavy atom. The lowest BCUT2D eigenvalue weighted by molar-refractivity contribution is 0.0687. The molecule has 0 aromatic heterocycles. The summed E-state index contributed by atoms with van der Waals surface area (Å²) >= 11 is 0. The van der Waals surface area contributed by atoms with Crippen LogP contribution in [0, 0.1) is 5.92 Å². The first kappa shape index (κ1) is 14.9. The van der Waals surface area contributed by atoms with Crippen LogP contribution in [0.3, 0.4) is 0 Å². The van der Waals surface area contributed by atoms with Gasteiger partial charge in [0.15, 0.2) is 0 Å². The highest BCUT2D eigenvalue weighted by molar-refractivity contribution is 4.63. The predicted molar refractivity (Wildman–Crippen MR) is 64.2 cm³/mol. The average Bonchev–Trinajstić information content (AvgIpc) is 2.21. The van der Waals surface area contributed by atoms with Crippen molar-refractivity contribution in [2.45, 2.75) is 39.7 Å². The van der Waals surface area contributed by atoms with E-state index in [1.807, 2.05) is 0 Å². The molecule has 1 N–H and O–H groups in total. The van der Waals surface area contributed by atoms with Gasteiger partial charge in [0.05, 0.1) is 13.2 Å². The Labute approximate surface area is 94.5 Å². The molecule has 0 aliphatic carbocycles. The van der Waals surface area contributed by atoms with Crippen molar-refractivity contribution in [3.8, 4) is 0 Å². The van der Waals surface area contributed by atoms with Crippen molar-refractivity contribution in [3.05, 3.63) is 0 Å². The number of methoxy groups -OCH3 is 1. The van der Waals surface area contributed by atoms with Crippen LogP contribution in [0.4, 0.5) is 0 Å². The zero-order valence-electron chi connectivity index (χ0n) is 10.7. The van der Waals surface area contributed by atoms with Gasteiger partial charge in [-0.1, -0.05) is 13.8 Å². The van der Waals surface area contributed by atoms with E-state index in [4.69, 9.17) is 9.47 Å². The SMILES string of the molecule is COCCOCCCCNC(C)C(C)C. The summed E-state index contributed by atoms with van der Waals surface area (Å²) in [6, 6.07) is 0.611. The fraction of sp³-hybridized carbons (Fsp3) is 1.00. The second-order valence-corrected chi connectivity index (χ2v) is 4.30. The summed E-state index contributed by atoms with van der Waals surface area (Å²) < 4.78 is 10.3. The first-order valence-corrected chi connectivity index (χ1v) is 5.98. The van der Waals surface area contributed by atoms with Gasteiger partial charge in [0.1, 0.15) is 0 Å². The van der Waals surface area contributed by atoms with Crippen molar-refractivity contribution < 1.29 is 9.47 Å². The van der Waals surface area contributed by atoms with Gasteiger partial charge in [0, 0.05) is 19.8 Å². The van der Waals surface area contributed by atoms with E-state index in [9.17, 15) is 0 Å². The third kappa shape index (κ3) is 10.2. The van der Waals surface area contributed by atoms with E-state index in [1.165, 1.54) is 6.42 Å². The van der Waals surface area contributed by atoms with E-state index >= 15 is 0 Å². The van der Waals surface area contributed by atoms with Crippen molar-refractivity contribution >= 4 is 0 Å². The van der Waals surface area contributed by atoms with Crippen LogP contribution in [-0.2, 0) is 9.47 Å². The minimum Gasteiger partial charge on any atom is -0.382 e. The standard InChI is InChI=1S/C12H27NO2/c1-11(2)12(3)13-7-5-6-8-15-10-9-14-4/h11-13H,5-10H2,1-4H3. The normalized spacial score (nSPS) is 13.4. The van der Waals surface area contributed by atoms with Crippen molar-refractivity contribution in [3.63, 3.8) is 0 Å². The molecule has 0 spiro atoms. The van der Waals surface area contributed by atoms with Gasteiger partial charge >= 0.3 is 0 Å². The third-order valence-corrected chi connectivity index (χ3v) is 2.61. The van der Waals surface area contributed by atoms with Crippen LogP contribution in [0.15, 0.2) is 0 Å². The molecular formula is C12H27NO2. The van der Waals surface area contributed by atoms with E-state index in [-0.39, 0.29) is 0 Å². The van der Waals surface area contributed by atoms with E-state index in [1.54, 1.807) is 7.11 Å². The quantitative estimate of drug-likeness (QED) is 0.568. The van der Waals surface area contributed by atoms with Crippen molar-refractivity contribution in [1.29, 1.82) is 0 Å². The van der Waals surface area contributed by atoms with E-state index < -0.39 is 0 Å². The van der Waals surface area contributed by atoms with Gasteiger partial charge in [0.25, 0.3) is 0 Å². The maximum atomic E-state index is 5.38. The molecule has 15 heavy (non-hydrogen) atoms. The highest BCUT2D eigenvalue weighted by Crippen LogP contribution is 1.99. The molecule has 0 rings (SSSR count). The topological polar surface area (TPSA) is 30.5 Å². The van der Waals surface area contributed by atoms with Gasteiger partial charge in [-0.25, -0.2) is 0 Å². The summed E-state index contributed by atoms with van der Waals surface area (Å²) in [5.41, 5.74) is 0. The Morgan fingerprint density at radius 2 is 1.73 bits per heavy atom. The number of hydrogen-bond acceptors (Lipinski definition) is 3. The lowest BCUT2D eigenvalue weighted by Crippen LogP contribution is -2.31. The van der Waals surface area contributed by atoms with Gasteiger partial charge in [-0.2, -0.15) is 0 Å². The van der Waals surface area contributed by atoms with Crippen LogP contribution in [0.1, 0.15) is 33.6 Å². The van der Waals surface area contributed by atoms with Gasteiger partial charge < -0.3 is 14.8 Å². The summed E-state index contributed by atoms with van der Waals surface area (Å²) in [5.74, 6) is 0.711. The summed E-state index contributed by atoms with van der Waals surface area (Å²) in [4.78, 5) is 0. The van der Waals surface area contributed by atoms with Gasteiger partial charge in [-0.05, 0) is 32.2 Å². The average molecular weight is 217 g/mol. The van der Waals surface area contributed by atoms with Crippen LogP contribution in [0.25, 0.3) is 0 Å². The summed E-state index contributed by atoms with van der Waals surface area (Å²) in [6.07, 6.45) is 2.31. The number of hydrogen-bond donors (Lipinski definition) is 1. The van der Waals surface area contributed by atoms with Crippen LogP contribution >= 0.6 is 0 Å². The van der Waals surface area contributed by atoms with E-state index in [2.05, 4.69) is 26.1 Å². The Morgan fingerprint density at radius 3 is 2.33 bits per heavy atom. The maximum absolute atomic E-state index is 5.38.